The summed E-state index contributed by atoms with van der Waals surface area (Å²) in [5.41, 5.74) is 1.33. The Kier molecular flexibility index (Phi) is 4.14. The molecule has 0 heterocycles. The second-order valence-corrected chi connectivity index (χ2v) is 6.17. The fourth-order valence-electron chi connectivity index (χ4n) is 3.44. The van der Waals surface area contributed by atoms with E-state index >= 15 is 0 Å². The van der Waals surface area contributed by atoms with Gasteiger partial charge in [-0.2, -0.15) is 0 Å². The van der Waals surface area contributed by atoms with E-state index in [9.17, 15) is 9.59 Å². The van der Waals surface area contributed by atoms with Crippen molar-refractivity contribution in [1.82, 2.24) is 0 Å². The Bertz CT molecular complexity index is 795. The largest absolute Gasteiger partial charge is 0.493 e. The van der Waals surface area contributed by atoms with Gasteiger partial charge in [-0.05, 0) is 43.0 Å². The molecule has 2 aromatic carbocycles. The summed E-state index contributed by atoms with van der Waals surface area (Å²) in [4.78, 5) is 25.6. The number of rotatable bonds is 5. The fourth-order valence-corrected chi connectivity index (χ4v) is 3.44. The third kappa shape index (κ3) is 2.48. The lowest BCUT2D eigenvalue weighted by atomic mass is 9.75. The van der Waals surface area contributed by atoms with Crippen LogP contribution >= 0.6 is 0 Å². The first-order valence-electron chi connectivity index (χ1n) is 7.86. The minimum atomic E-state index is -1.04. The number of ketones is 2. The van der Waals surface area contributed by atoms with Gasteiger partial charge in [-0.15, -0.1) is 0 Å². The van der Waals surface area contributed by atoms with Crippen molar-refractivity contribution in [2.24, 2.45) is 5.41 Å². The van der Waals surface area contributed by atoms with Gasteiger partial charge < -0.3 is 9.47 Å². The molecule has 0 N–H and O–H groups in total. The number of methoxy groups -OCH3 is 2. The highest BCUT2D eigenvalue weighted by atomic mass is 16.5. The molecular weight excluding hydrogens is 304 g/mol. The molecule has 0 aromatic heterocycles. The van der Waals surface area contributed by atoms with Crippen molar-refractivity contribution >= 4 is 11.6 Å². The van der Waals surface area contributed by atoms with Crippen LogP contribution in [0.2, 0.25) is 0 Å². The zero-order chi connectivity index (χ0) is 17.3. The van der Waals surface area contributed by atoms with E-state index in [-0.39, 0.29) is 11.6 Å². The zero-order valence-electron chi connectivity index (χ0n) is 14.1. The van der Waals surface area contributed by atoms with Crippen LogP contribution in [0.5, 0.6) is 11.5 Å². The summed E-state index contributed by atoms with van der Waals surface area (Å²) < 4.78 is 10.6. The van der Waals surface area contributed by atoms with Crippen LogP contribution in [0.15, 0.2) is 42.5 Å². The highest BCUT2D eigenvalue weighted by Crippen LogP contribution is 2.44. The topological polar surface area (TPSA) is 52.6 Å². The molecule has 0 aliphatic heterocycles. The molecule has 1 unspecified atom stereocenters. The molecule has 3 rings (SSSR count). The average molecular weight is 324 g/mol. The second-order valence-electron chi connectivity index (χ2n) is 6.17. The van der Waals surface area contributed by atoms with Gasteiger partial charge in [0, 0.05) is 5.56 Å². The van der Waals surface area contributed by atoms with E-state index in [0.29, 0.717) is 29.9 Å². The standard InChI is InChI=1S/C20H20O4/c1-13(21)20(11-14-7-5-4-6-8-14)12-15-9-17(23-2)18(24-3)10-16(15)19(20)22/h4-10H,11-12H2,1-3H3. The summed E-state index contributed by atoms with van der Waals surface area (Å²) in [6, 6.07) is 13.1. The minimum absolute atomic E-state index is 0.106. The number of Topliss-reactive ketones (excluding diaryl/α,β-unsaturated/α-hetero) is 2. The SMILES string of the molecule is COc1cc2c(cc1OC)C(=O)C(Cc1ccccc1)(C(C)=O)C2. The van der Waals surface area contributed by atoms with Crippen molar-refractivity contribution in [3.05, 3.63) is 59.2 Å². The van der Waals surface area contributed by atoms with E-state index in [4.69, 9.17) is 9.47 Å². The van der Waals surface area contributed by atoms with Crippen LogP contribution in [-0.2, 0) is 17.6 Å². The lowest BCUT2D eigenvalue weighted by Crippen LogP contribution is -2.37. The maximum Gasteiger partial charge on any atom is 0.177 e. The number of hydrogen-bond acceptors (Lipinski definition) is 4. The zero-order valence-corrected chi connectivity index (χ0v) is 14.1. The molecule has 0 saturated carbocycles. The summed E-state index contributed by atoms with van der Waals surface area (Å²) in [7, 11) is 3.09. The summed E-state index contributed by atoms with van der Waals surface area (Å²) in [5, 5.41) is 0. The molecule has 24 heavy (non-hydrogen) atoms. The quantitative estimate of drug-likeness (QED) is 0.792. The first-order valence-corrected chi connectivity index (χ1v) is 7.86. The summed E-state index contributed by atoms with van der Waals surface area (Å²) in [6.07, 6.45) is 0.799. The Morgan fingerprint density at radius 3 is 2.29 bits per heavy atom. The lowest BCUT2D eigenvalue weighted by molar-refractivity contribution is -0.123. The summed E-state index contributed by atoms with van der Waals surface area (Å²) in [5.74, 6) is 0.840. The Morgan fingerprint density at radius 1 is 1.08 bits per heavy atom. The maximum absolute atomic E-state index is 13.1. The van der Waals surface area contributed by atoms with Gasteiger partial charge in [-0.1, -0.05) is 30.3 Å². The van der Waals surface area contributed by atoms with Crippen LogP contribution < -0.4 is 9.47 Å². The third-order valence-electron chi connectivity index (χ3n) is 4.80. The van der Waals surface area contributed by atoms with Gasteiger partial charge in [0.2, 0.25) is 0 Å². The summed E-state index contributed by atoms with van der Waals surface area (Å²) in [6.45, 7) is 1.50. The molecule has 0 saturated heterocycles. The van der Waals surface area contributed by atoms with Crippen LogP contribution in [0.25, 0.3) is 0 Å². The molecule has 1 aliphatic carbocycles. The normalized spacial score (nSPS) is 19.0. The van der Waals surface area contributed by atoms with Crippen LogP contribution in [0.3, 0.4) is 0 Å². The molecule has 4 nitrogen and oxygen atoms in total. The highest BCUT2D eigenvalue weighted by molar-refractivity contribution is 6.17. The Morgan fingerprint density at radius 2 is 1.71 bits per heavy atom. The van der Waals surface area contributed by atoms with Gasteiger partial charge in [0.25, 0.3) is 0 Å². The summed E-state index contributed by atoms with van der Waals surface area (Å²) >= 11 is 0. The predicted octanol–water partition coefficient (Wildman–Crippen LogP) is 3.26. The van der Waals surface area contributed by atoms with Crippen molar-refractivity contribution in [3.63, 3.8) is 0 Å². The van der Waals surface area contributed by atoms with Crippen LogP contribution in [0, 0.1) is 5.41 Å². The number of fused-ring (bicyclic) bond motifs is 1. The molecule has 2 aromatic rings. The third-order valence-corrected chi connectivity index (χ3v) is 4.80. The first kappa shape index (κ1) is 16.2. The van der Waals surface area contributed by atoms with Crippen LogP contribution in [0.4, 0.5) is 0 Å². The molecule has 1 atom stereocenters. The molecular formula is C20H20O4. The van der Waals surface area contributed by atoms with E-state index in [2.05, 4.69) is 0 Å². The Hall–Kier alpha value is -2.62. The average Bonchev–Trinajstić information content (AvgIpc) is 2.87. The first-order chi connectivity index (χ1) is 11.5. The smallest absolute Gasteiger partial charge is 0.177 e. The van der Waals surface area contributed by atoms with Gasteiger partial charge >= 0.3 is 0 Å². The van der Waals surface area contributed by atoms with Gasteiger partial charge in [0.1, 0.15) is 5.78 Å². The molecule has 0 bridgehead atoms. The van der Waals surface area contributed by atoms with E-state index in [0.717, 1.165) is 11.1 Å². The van der Waals surface area contributed by atoms with Gasteiger partial charge in [-0.3, -0.25) is 9.59 Å². The highest BCUT2D eigenvalue weighted by Gasteiger charge is 2.49. The second kappa shape index (κ2) is 6.11. The number of ether oxygens (including phenoxy) is 2. The van der Waals surface area contributed by atoms with Gasteiger partial charge in [0.05, 0.1) is 19.6 Å². The van der Waals surface area contributed by atoms with E-state index in [1.165, 1.54) is 14.0 Å². The Balaban J connectivity index is 2.07. The van der Waals surface area contributed by atoms with Crippen molar-refractivity contribution in [2.45, 2.75) is 19.8 Å². The van der Waals surface area contributed by atoms with Crippen LogP contribution in [0.1, 0.15) is 28.4 Å². The predicted molar refractivity (Wildman–Crippen MR) is 90.8 cm³/mol. The number of hydrogen-bond donors (Lipinski definition) is 0. The monoisotopic (exact) mass is 324 g/mol. The molecule has 0 fully saturated rings. The maximum atomic E-state index is 13.1. The molecule has 124 valence electrons. The van der Waals surface area contributed by atoms with Crippen molar-refractivity contribution in [1.29, 1.82) is 0 Å². The Labute approximate surface area is 141 Å². The number of carbonyl (C=O) groups excluding carboxylic acids is 2. The van der Waals surface area contributed by atoms with E-state index in [1.54, 1.807) is 13.2 Å². The number of benzene rings is 2. The molecule has 1 aliphatic rings. The van der Waals surface area contributed by atoms with E-state index in [1.807, 2.05) is 36.4 Å². The lowest BCUT2D eigenvalue weighted by Gasteiger charge is -2.24. The van der Waals surface area contributed by atoms with Crippen molar-refractivity contribution in [2.75, 3.05) is 14.2 Å². The molecule has 0 spiro atoms. The fraction of sp³-hybridized carbons (Fsp3) is 0.300. The molecule has 4 heteroatoms. The van der Waals surface area contributed by atoms with Gasteiger partial charge in [-0.25, -0.2) is 0 Å². The van der Waals surface area contributed by atoms with Crippen molar-refractivity contribution < 1.29 is 19.1 Å². The van der Waals surface area contributed by atoms with Crippen LogP contribution in [-0.4, -0.2) is 25.8 Å². The number of carbonyl (C=O) groups is 2. The molecule has 0 radical (unpaired) electrons. The van der Waals surface area contributed by atoms with E-state index < -0.39 is 5.41 Å². The van der Waals surface area contributed by atoms with Crippen molar-refractivity contribution in [3.8, 4) is 11.5 Å². The minimum Gasteiger partial charge on any atom is -0.493 e. The molecule has 0 amide bonds. The van der Waals surface area contributed by atoms with Gasteiger partial charge in [0.15, 0.2) is 17.3 Å².